The quantitative estimate of drug-likeness (QED) is 0.673. The number of rotatable bonds is 8. The molecule has 0 spiro atoms. The third kappa shape index (κ3) is 5.36. The molecule has 1 heterocycles. The molecule has 0 radical (unpaired) electrons. The van der Waals surface area contributed by atoms with Gasteiger partial charge in [0, 0.05) is 25.7 Å². The van der Waals surface area contributed by atoms with Crippen molar-refractivity contribution in [2.45, 2.75) is 52.0 Å². The van der Waals surface area contributed by atoms with Crippen LogP contribution >= 0.6 is 0 Å². The molecule has 1 aliphatic rings. The van der Waals surface area contributed by atoms with Crippen LogP contribution in [0.5, 0.6) is 0 Å². The first kappa shape index (κ1) is 15.4. The predicted octanol–water partition coefficient (Wildman–Crippen LogP) is 1.79. The summed E-state index contributed by atoms with van der Waals surface area (Å²) in [4.78, 5) is 14.3. The highest BCUT2D eigenvalue weighted by molar-refractivity contribution is 5.76. The van der Waals surface area contributed by atoms with E-state index < -0.39 is 0 Å². The van der Waals surface area contributed by atoms with Crippen LogP contribution in [-0.4, -0.2) is 49.7 Å². The van der Waals surface area contributed by atoms with E-state index in [0.29, 0.717) is 19.1 Å². The van der Waals surface area contributed by atoms with Crippen LogP contribution < -0.4 is 5.32 Å². The molecule has 0 bridgehead atoms. The van der Waals surface area contributed by atoms with Crippen LogP contribution in [0, 0.1) is 0 Å². The summed E-state index contributed by atoms with van der Waals surface area (Å²) in [5.74, 6) is 0.252. The van der Waals surface area contributed by atoms with Crippen molar-refractivity contribution in [3.8, 4) is 0 Å². The van der Waals surface area contributed by atoms with Gasteiger partial charge < -0.3 is 15.0 Å². The highest BCUT2D eigenvalue weighted by Crippen LogP contribution is 2.12. The molecule has 1 atom stereocenters. The van der Waals surface area contributed by atoms with Gasteiger partial charge in [0.1, 0.15) is 0 Å². The second-order valence-electron chi connectivity index (χ2n) is 4.95. The van der Waals surface area contributed by atoms with E-state index in [4.69, 9.17) is 4.74 Å². The summed E-state index contributed by atoms with van der Waals surface area (Å²) in [7, 11) is 0. The lowest BCUT2D eigenvalue weighted by atomic mass is 10.1. The van der Waals surface area contributed by atoms with Crippen LogP contribution in [0.1, 0.15) is 46.0 Å². The van der Waals surface area contributed by atoms with Crippen LogP contribution in [0.3, 0.4) is 0 Å². The zero-order chi connectivity index (χ0) is 13.2. The van der Waals surface area contributed by atoms with Gasteiger partial charge in [-0.15, -0.1) is 0 Å². The molecule has 1 N–H and O–H groups in total. The number of carbonyl (C=O) groups is 1. The van der Waals surface area contributed by atoms with E-state index >= 15 is 0 Å². The molecule has 106 valence electrons. The Kier molecular flexibility index (Phi) is 8.01. The minimum atomic E-state index is 0.252. The van der Waals surface area contributed by atoms with Gasteiger partial charge in [-0.25, -0.2) is 0 Å². The first-order valence-electron chi connectivity index (χ1n) is 7.37. The number of hydrogen-bond donors (Lipinski definition) is 1. The fraction of sp³-hybridized carbons (Fsp3) is 0.929. The van der Waals surface area contributed by atoms with Crippen molar-refractivity contribution < 1.29 is 9.53 Å². The van der Waals surface area contributed by atoms with Gasteiger partial charge in [-0.2, -0.15) is 0 Å². The molecule has 0 saturated carbocycles. The molecule has 4 heteroatoms. The minimum absolute atomic E-state index is 0.252. The Morgan fingerprint density at radius 3 is 2.78 bits per heavy atom. The van der Waals surface area contributed by atoms with E-state index in [1.807, 2.05) is 0 Å². The molecule has 1 rings (SSSR count). The van der Waals surface area contributed by atoms with E-state index in [1.165, 1.54) is 6.42 Å². The van der Waals surface area contributed by atoms with Crippen LogP contribution in [0.4, 0.5) is 0 Å². The standard InChI is InChI=1S/C14H28N2O2/c1-3-9-16(13-6-5-8-15-12-13)14(17)7-11-18-10-4-2/h13,15H,3-12H2,1-2H3. The molecule has 0 aliphatic carbocycles. The highest BCUT2D eigenvalue weighted by atomic mass is 16.5. The number of piperidine rings is 1. The summed E-state index contributed by atoms with van der Waals surface area (Å²) in [6.45, 7) is 8.44. The maximum Gasteiger partial charge on any atom is 0.225 e. The van der Waals surface area contributed by atoms with Gasteiger partial charge >= 0.3 is 0 Å². The third-order valence-electron chi connectivity index (χ3n) is 3.31. The minimum Gasteiger partial charge on any atom is -0.381 e. The predicted molar refractivity (Wildman–Crippen MR) is 73.6 cm³/mol. The van der Waals surface area contributed by atoms with E-state index in [1.54, 1.807) is 0 Å². The molecule has 1 amide bonds. The highest BCUT2D eigenvalue weighted by Gasteiger charge is 2.24. The summed E-state index contributed by atoms with van der Waals surface area (Å²) < 4.78 is 5.41. The molecule has 1 fully saturated rings. The number of amides is 1. The molecular weight excluding hydrogens is 228 g/mol. The molecule has 4 nitrogen and oxygen atoms in total. The van der Waals surface area contributed by atoms with Crippen molar-refractivity contribution in [2.24, 2.45) is 0 Å². The van der Waals surface area contributed by atoms with Crippen molar-refractivity contribution in [1.29, 1.82) is 0 Å². The van der Waals surface area contributed by atoms with Crippen molar-refractivity contribution >= 4 is 5.91 Å². The van der Waals surface area contributed by atoms with Crippen molar-refractivity contribution in [3.05, 3.63) is 0 Å². The Balaban J connectivity index is 2.36. The Labute approximate surface area is 111 Å². The van der Waals surface area contributed by atoms with Crippen molar-refractivity contribution in [1.82, 2.24) is 10.2 Å². The van der Waals surface area contributed by atoms with Gasteiger partial charge in [-0.1, -0.05) is 13.8 Å². The van der Waals surface area contributed by atoms with Crippen LogP contribution in [0.2, 0.25) is 0 Å². The Bertz CT molecular complexity index is 228. The number of carbonyl (C=O) groups excluding carboxylic acids is 1. The van der Waals surface area contributed by atoms with E-state index in [-0.39, 0.29) is 5.91 Å². The smallest absolute Gasteiger partial charge is 0.225 e. The zero-order valence-corrected chi connectivity index (χ0v) is 11.9. The molecule has 0 aromatic heterocycles. The fourth-order valence-corrected chi connectivity index (χ4v) is 2.40. The van der Waals surface area contributed by atoms with Gasteiger partial charge in [0.2, 0.25) is 5.91 Å². The number of hydrogen-bond acceptors (Lipinski definition) is 3. The second-order valence-corrected chi connectivity index (χ2v) is 4.95. The average molecular weight is 256 g/mol. The number of nitrogens with zero attached hydrogens (tertiary/aromatic N) is 1. The first-order valence-corrected chi connectivity index (χ1v) is 7.37. The van der Waals surface area contributed by atoms with Crippen LogP contribution in [-0.2, 0) is 9.53 Å². The Morgan fingerprint density at radius 2 is 2.17 bits per heavy atom. The molecule has 1 unspecified atom stereocenters. The van der Waals surface area contributed by atoms with Gasteiger partial charge in [-0.05, 0) is 32.2 Å². The second kappa shape index (κ2) is 9.34. The summed E-state index contributed by atoms with van der Waals surface area (Å²) in [6.07, 6.45) is 4.87. The normalized spacial score (nSPS) is 19.8. The van der Waals surface area contributed by atoms with Gasteiger partial charge in [-0.3, -0.25) is 4.79 Å². The molecule has 1 saturated heterocycles. The van der Waals surface area contributed by atoms with Gasteiger partial charge in [0.25, 0.3) is 0 Å². The van der Waals surface area contributed by atoms with Gasteiger partial charge in [0.15, 0.2) is 0 Å². The molecule has 0 aromatic carbocycles. The largest absolute Gasteiger partial charge is 0.381 e. The third-order valence-corrected chi connectivity index (χ3v) is 3.31. The summed E-state index contributed by atoms with van der Waals surface area (Å²) >= 11 is 0. The first-order chi connectivity index (χ1) is 8.79. The Morgan fingerprint density at radius 1 is 1.33 bits per heavy atom. The molecule has 1 aliphatic heterocycles. The summed E-state index contributed by atoms with van der Waals surface area (Å²) in [5.41, 5.74) is 0. The lowest BCUT2D eigenvalue weighted by molar-refractivity contribution is -0.135. The molecular formula is C14H28N2O2. The number of ether oxygens (including phenoxy) is 1. The lowest BCUT2D eigenvalue weighted by Gasteiger charge is -2.34. The van der Waals surface area contributed by atoms with Crippen LogP contribution in [0.15, 0.2) is 0 Å². The number of nitrogens with one attached hydrogen (secondary N) is 1. The Hall–Kier alpha value is -0.610. The molecule has 0 aromatic rings. The topological polar surface area (TPSA) is 41.6 Å². The van der Waals surface area contributed by atoms with Crippen molar-refractivity contribution in [2.75, 3.05) is 32.8 Å². The van der Waals surface area contributed by atoms with E-state index in [0.717, 1.165) is 45.5 Å². The van der Waals surface area contributed by atoms with Gasteiger partial charge in [0.05, 0.1) is 13.0 Å². The van der Waals surface area contributed by atoms with E-state index in [2.05, 4.69) is 24.1 Å². The van der Waals surface area contributed by atoms with E-state index in [9.17, 15) is 4.79 Å². The maximum atomic E-state index is 12.2. The summed E-state index contributed by atoms with van der Waals surface area (Å²) in [6, 6.07) is 0.386. The maximum absolute atomic E-state index is 12.2. The summed E-state index contributed by atoms with van der Waals surface area (Å²) in [5, 5.41) is 3.38. The van der Waals surface area contributed by atoms with Crippen LogP contribution in [0.25, 0.3) is 0 Å². The monoisotopic (exact) mass is 256 g/mol. The molecule has 18 heavy (non-hydrogen) atoms. The fourth-order valence-electron chi connectivity index (χ4n) is 2.40. The van der Waals surface area contributed by atoms with Crippen molar-refractivity contribution in [3.63, 3.8) is 0 Å². The average Bonchev–Trinajstić information content (AvgIpc) is 2.41. The lowest BCUT2D eigenvalue weighted by Crippen LogP contribution is -2.49. The zero-order valence-electron chi connectivity index (χ0n) is 11.9. The SMILES string of the molecule is CCCOCCC(=O)N(CCC)C1CCCNC1.